The zero-order valence-electron chi connectivity index (χ0n) is 10.6. The molecule has 17 heavy (non-hydrogen) atoms. The maximum atomic E-state index is 2.18. The lowest BCUT2D eigenvalue weighted by Crippen LogP contribution is -2.01. The maximum absolute atomic E-state index is 2.18. The van der Waals surface area contributed by atoms with Crippen LogP contribution in [0.1, 0.15) is 26.7 Å². The first-order valence-electron chi connectivity index (χ1n) is 6.18. The first-order chi connectivity index (χ1) is 8.36. The smallest absolute Gasteiger partial charge is 0.0100 e. The van der Waals surface area contributed by atoms with E-state index in [2.05, 4.69) is 62.4 Å². The van der Waals surface area contributed by atoms with Gasteiger partial charge in [0.25, 0.3) is 0 Å². The third kappa shape index (κ3) is 6.24. The van der Waals surface area contributed by atoms with E-state index >= 15 is 0 Å². The van der Waals surface area contributed by atoms with Crippen molar-refractivity contribution in [3.05, 3.63) is 60.7 Å². The SMILES string of the molecule is CCCC.c1ccc([P]c2ccccc2)cc1. The van der Waals surface area contributed by atoms with Gasteiger partial charge in [0.2, 0.25) is 0 Å². The van der Waals surface area contributed by atoms with Crippen LogP contribution in [0.4, 0.5) is 0 Å². The standard InChI is InChI=1S/C12H10P.C4H10/c1-3-7-11(8-4-1)13-12-9-5-2-6-10-12;1-3-4-2/h1-10H;3-4H2,1-2H3. The van der Waals surface area contributed by atoms with Crippen molar-refractivity contribution in [1.82, 2.24) is 0 Å². The highest BCUT2D eigenvalue weighted by atomic mass is 31.1. The maximum Gasteiger partial charge on any atom is -0.0100 e. The Bertz CT molecular complexity index is 341. The van der Waals surface area contributed by atoms with Crippen molar-refractivity contribution in [3.63, 3.8) is 0 Å². The van der Waals surface area contributed by atoms with Crippen molar-refractivity contribution < 1.29 is 0 Å². The van der Waals surface area contributed by atoms with Gasteiger partial charge in [0, 0.05) is 0 Å². The molecule has 0 aromatic heterocycles. The molecule has 0 aliphatic rings. The molecular formula is C16H20P. The van der Waals surface area contributed by atoms with Crippen molar-refractivity contribution >= 4 is 19.2 Å². The quantitative estimate of drug-likeness (QED) is 0.701. The fourth-order valence-electron chi connectivity index (χ4n) is 1.15. The average Bonchev–Trinajstić information content (AvgIpc) is 2.41. The van der Waals surface area contributed by atoms with Crippen LogP contribution in [-0.4, -0.2) is 0 Å². The molecule has 1 heteroatoms. The highest BCUT2D eigenvalue weighted by molar-refractivity contribution is 7.55. The van der Waals surface area contributed by atoms with Gasteiger partial charge in [-0.25, -0.2) is 0 Å². The molecule has 0 N–H and O–H groups in total. The third-order valence-corrected chi connectivity index (χ3v) is 3.38. The Hall–Kier alpha value is -1.13. The first kappa shape index (κ1) is 13.9. The fourth-order valence-corrected chi connectivity index (χ4v) is 2.09. The lowest BCUT2D eigenvalue weighted by atomic mass is 10.4. The number of hydrogen-bond acceptors (Lipinski definition) is 0. The molecule has 0 unspecified atom stereocenters. The highest BCUT2D eigenvalue weighted by Crippen LogP contribution is 2.08. The van der Waals surface area contributed by atoms with Crippen LogP contribution in [0.3, 0.4) is 0 Å². The minimum atomic E-state index is 1.28. The molecule has 89 valence electrons. The number of rotatable bonds is 3. The Morgan fingerprint density at radius 3 is 1.29 bits per heavy atom. The molecule has 0 aliphatic heterocycles. The summed E-state index contributed by atoms with van der Waals surface area (Å²) >= 11 is 0. The van der Waals surface area contributed by atoms with Gasteiger partial charge in [0.05, 0.1) is 0 Å². The predicted octanol–water partition coefficient (Wildman–Crippen LogP) is 4.39. The molecule has 0 aliphatic carbocycles. The average molecular weight is 243 g/mol. The molecule has 2 aromatic carbocycles. The van der Waals surface area contributed by atoms with Crippen LogP contribution in [-0.2, 0) is 0 Å². The van der Waals surface area contributed by atoms with Crippen molar-refractivity contribution in [3.8, 4) is 0 Å². The van der Waals surface area contributed by atoms with Gasteiger partial charge in [0.1, 0.15) is 0 Å². The van der Waals surface area contributed by atoms with Crippen molar-refractivity contribution in [2.75, 3.05) is 0 Å². The normalized spacial score (nSPS) is 9.29. The second-order valence-electron chi connectivity index (χ2n) is 3.78. The fraction of sp³-hybridized carbons (Fsp3) is 0.250. The second kappa shape index (κ2) is 8.96. The summed E-state index contributed by atoms with van der Waals surface area (Å²) in [6.07, 6.45) is 2.64. The van der Waals surface area contributed by atoms with Gasteiger partial charge in [0.15, 0.2) is 0 Å². The van der Waals surface area contributed by atoms with Crippen LogP contribution >= 0.6 is 8.58 Å². The largest absolute Gasteiger partial charge is 0.0654 e. The van der Waals surface area contributed by atoms with Gasteiger partial charge in [-0.15, -0.1) is 0 Å². The Balaban J connectivity index is 0.000000317. The van der Waals surface area contributed by atoms with Crippen LogP contribution < -0.4 is 10.6 Å². The summed E-state index contributed by atoms with van der Waals surface area (Å²) in [4.78, 5) is 0. The summed E-state index contributed by atoms with van der Waals surface area (Å²) < 4.78 is 0. The topological polar surface area (TPSA) is 0 Å². The van der Waals surface area contributed by atoms with E-state index in [4.69, 9.17) is 0 Å². The van der Waals surface area contributed by atoms with E-state index in [-0.39, 0.29) is 0 Å². The van der Waals surface area contributed by atoms with Crippen LogP contribution in [0.25, 0.3) is 0 Å². The molecule has 0 spiro atoms. The summed E-state index contributed by atoms with van der Waals surface area (Å²) in [5.41, 5.74) is 0. The molecule has 0 atom stereocenters. The molecule has 2 aromatic rings. The minimum Gasteiger partial charge on any atom is -0.0654 e. The molecule has 0 nitrogen and oxygen atoms in total. The Kier molecular flexibility index (Phi) is 7.34. The molecule has 0 fully saturated rings. The van der Waals surface area contributed by atoms with Gasteiger partial charge >= 0.3 is 0 Å². The van der Waals surface area contributed by atoms with Gasteiger partial charge in [-0.2, -0.15) is 0 Å². The third-order valence-electron chi connectivity index (χ3n) is 2.27. The Morgan fingerprint density at radius 1 is 0.647 bits per heavy atom. The predicted molar refractivity (Wildman–Crippen MR) is 79.7 cm³/mol. The Labute approximate surface area is 107 Å². The van der Waals surface area contributed by atoms with Crippen LogP contribution in [0, 0.1) is 0 Å². The van der Waals surface area contributed by atoms with Crippen molar-refractivity contribution in [2.24, 2.45) is 0 Å². The molecule has 0 heterocycles. The summed E-state index contributed by atoms with van der Waals surface area (Å²) in [5, 5.41) is 2.68. The van der Waals surface area contributed by atoms with Crippen LogP contribution in [0.2, 0.25) is 0 Å². The molecular weight excluding hydrogens is 223 g/mol. The van der Waals surface area contributed by atoms with E-state index in [9.17, 15) is 0 Å². The van der Waals surface area contributed by atoms with Gasteiger partial charge in [-0.05, 0) is 19.2 Å². The first-order valence-corrected chi connectivity index (χ1v) is 7.08. The minimum absolute atomic E-state index is 1.28. The van der Waals surface area contributed by atoms with E-state index in [0.29, 0.717) is 0 Å². The number of benzene rings is 2. The lowest BCUT2D eigenvalue weighted by molar-refractivity contribution is 0.886. The summed E-state index contributed by atoms with van der Waals surface area (Å²) in [6, 6.07) is 21.0. The van der Waals surface area contributed by atoms with Crippen molar-refractivity contribution in [1.29, 1.82) is 0 Å². The van der Waals surface area contributed by atoms with E-state index in [0.717, 1.165) is 0 Å². The zero-order valence-corrected chi connectivity index (χ0v) is 11.5. The van der Waals surface area contributed by atoms with Gasteiger partial charge in [-0.3, -0.25) is 0 Å². The molecule has 2 rings (SSSR count). The zero-order chi connectivity index (χ0) is 12.3. The van der Waals surface area contributed by atoms with Gasteiger partial charge in [-0.1, -0.05) is 87.4 Å². The van der Waals surface area contributed by atoms with Crippen LogP contribution in [0.15, 0.2) is 60.7 Å². The highest BCUT2D eigenvalue weighted by Gasteiger charge is 1.93. The molecule has 1 radical (unpaired) electrons. The molecule has 0 saturated carbocycles. The van der Waals surface area contributed by atoms with Gasteiger partial charge < -0.3 is 0 Å². The van der Waals surface area contributed by atoms with Crippen molar-refractivity contribution in [2.45, 2.75) is 26.7 Å². The monoisotopic (exact) mass is 243 g/mol. The number of unbranched alkanes of at least 4 members (excludes halogenated alkanes) is 1. The second-order valence-corrected chi connectivity index (χ2v) is 5.04. The molecule has 0 saturated heterocycles. The van der Waals surface area contributed by atoms with E-state index in [1.165, 1.54) is 32.0 Å². The summed E-state index contributed by atoms with van der Waals surface area (Å²) in [6.45, 7) is 4.36. The molecule has 0 bridgehead atoms. The van der Waals surface area contributed by atoms with E-state index in [1.54, 1.807) is 0 Å². The van der Waals surface area contributed by atoms with E-state index < -0.39 is 0 Å². The summed E-state index contributed by atoms with van der Waals surface area (Å²) in [7, 11) is 1.28. The lowest BCUT2D eigenvalue weighted by Gasteiger charge is -1.98. The Morgan fingerprint density at radius 2 is 1.00 bits per heavy atom. The summed E-state index contributed by atoms with van der Waals surface area (Å²) in [5.74, 6) is 0. The van der Waals surface area contributed by atoms with E-state index in [1.807, 2.05) is 12.1 Å². The van der Waals surface area contributed by atoms with Crippen LogP contribution in [0.5, 0.6) is 0 Å². The number of hydrogen-bond donors (Lipinski definition) is 0. The molecule has 0 amide bonds.